The molecule has 4 bridgehead atoms. The van der Waals surface area contributed by atoms with Crippen LogP contribution in [0, 0.1) is 17.8 Å². The topological polar surface area (TPSA) is 64.3 Å². The zero-order valence-corrected chi connectivity index (χ0v) is 17.4. The van der Waals surface area contributed by atoms with Crippen molar-refractivity contribution in [2.45, 2.75) is 69.3 Å². The second kappa shape index (κ2) is 7.34. The third kappa shape index (κ3) is 4.36. The number of hydrogen-bond acceptors (Lipinski definition) is 3. The number of carbonyl (C=O) groups excluding carboxylic acids is 1. The number of nitrogens with two attached hydrogens (primary N) is 1. The van der Waals surface area contributed by atoms with Crippen LogP contribution in [0.25, 0.3) is 0 Å². The predicted molar refractivity (Wildman–Crippen MR) is 106 cm³/mol. The number of alkyl halides is 3. The second-order valence-corrected chi connectivity index (χ2v) is 9.47. The van der Waals surface area contributed by atoms with E-state index in [1.807, 2.05) is 0 Å². The standard InChI is InChI=1S/C21H27F3N2O2.ClH/c1-19(2,28-16-5-3-4-15(8-16)21(22,23)24)18(27)26-17-13-6-12-7-14(17)11-20(25,9-12)10-13;/h3-5,8,12-14,17H,6-7,9-11,25H2,1-2H3,(H,26,27);1H/t12?,13-,14+,17?,20?;. The van der Waals surface area contributed by atoms with Gasteiger partial charge >= 0.3 is 6.18 Å². The van der Waals surface area contributed by atoms with E-state index in [1.54, 1.807) is 13.8 Å². The van der Waals surface area contributed by atoms with E-state index >= 15 is 0 Å². The monoisotopic (exact) mass is 432 g/mol. The predicted octanol–water partition coefficient (Wildman–Crippen LogP) is 4.31. The Morgan fingerprint density at radius 3 is 2.34 bits per heavy atom. The van der Waals surface area contributed by atoms with Gasteiger partial charge in [0.25, 0.3) is 5.91 Å². The summed E-state index contributed by atoms with van der Waals surface area (Å²) in [6, 6.07) is 4.70. The normalized spacial score (nSPS) is 33.2. The molecule has 29 heavy (non-hydrogen) atoms. The van der Waals surface area contributed by atoms with Gasteiger partial charge in [0.2, 0.25) is 0 Å². The molecule has 4 fully saturated rings. The Morgan fingerprint density at radius 2 is 1.79 bits per heavy atom. The van der Waals surface area contributed by atoms with Gasteiger partial charge < -0.3 is 15.8 Å². The number of amides is 1. The van der Waals surface area contributed by atoms with Crippen LogP contribution in [-0.4, -0.2) is 23.1 Å². The molecule has 0 saturated heterocycles. The minimum Gasteiger partial charge on any atom is -0.478 e. The maximum atomic E-state index is 12.9. The largest absolute Gasteiger partial charge is 0.478 e. The van der Waals surface area contributed by atoms with Gasteiger partial charge in [0.15, 0.2) is 5.60 Å². The van der Waals surface area contributed by atoms with E-state index in [2.05, 4.69) is 5.32 Å². The lowest BCUT2D eigenvalue weighted by molar-refractivity contribution is -0.139. The number of hydrogen-bond donors (Lipinski definition) is 2. The lowest BCUT2D eigenvalue weighted by Crippen LogP contribution is -2.66. The van der Waals surface area contributed by atoms with Gasteiger partial charge in [-0.3, -0.25) is 4.79 Å². The molecular weight excluding hydrogens is 405 g/mol. The van der Waals surface area contributed by atoms with Crippen LogP contribution in [0.4, 0.5) is 13.2 Å². The van der Waals surface area contributed by atoms with E-state index in [-0.39, 0.29) is 35.6 Å². The zero-order valence-electron chi connectivity index (χ0n) is 16.6. The molecule has 0 heterocycles. The SMILES string of the molecule is CC(C)(Oc1cccc(C(F)(F)F)c1)C(=O)NC1[C@@H]2CC3C[C@H]1CC(N)(C3)C2.Cl. The van der Waals surface area contributed by atoms with Gasteiger partial charge in [-0.05, 0) is 81.9 Å². The minimum atomic E-state index is -4.45. The Labute approximate surface area is 175 Å². The quantitative estimate of drug-likeness (QED) is 0.745. The smallest absolute Gasteiger partial charge is 0.416 e. The van der Waals surface area contributed by atoms with Gasteiger partial charge in [-0.1, -0.05) is 6.07 Å². The van der Waals surface area contributed by atoms with Crippen LogP contribution in [0.3, 0.4) is 0 Å². The molecule has 0 spiro atoms. The molecule has 5 atom stereocenters. The van der Waals surface area contributed by atoms with Gasteiger partial charge in [-0.15, -0.1) is 12.4 Å². The van der Waals surface area contributed by atoms with Crippen molar-refractivity contribution < 1.29 is 22.7 Å². The summed E-state index contributed by atoms with van der Waals surface area (Å²) in [5, 5.41) is 3.14. The Bertz CT molecular complexity index is 767. The molecule has 4 aliphatic carbocycles. The van der Waals surface area contributed by atoms with Crippen LogP contribution in [0.15, 0.2) is 24.3 Å². The number of ether oxygens (including phenoxy) is 1. The van der Waals surface area contributed by atoms with Gasteiger partial charge in [0.1, 0.15) is 5.75 Å². The summed E-state index contributed by atoms with van der Waals surface area (Å²) in [5.74, 6) is 1.15. The number of halogens is 4. The summed E-state index contributed by atoms with van der Waals surface area (Å²) in [5.41, 5.74) is 4.37. The van der Waals surface area contributed by atoms with E-state index in [0.29, 0.717) is 17.8 Å². The molecule has 4 nitrogen and oxygen atoms in total. The summed E-state index contributed by atoms with van der Waals surface area (Å²) in [6.45, 7) is 3.17. The molecule has 5 rings (SSSR count). The van der Waals surface area contributed by atoms with Crippen molar-refractivity contribution in [3.63, 3.8) is 0 Å². The number of rotatable bonds is 4. The van der Waals surface area contributed by atoms with Crippen molar-refractivity contribution in [2.24, 2.45) is 23.5 Å². The Balaban J connectivity index is 0.00000240. The molecule has 0 radical (unpaired) electrons. The molecule has 4 aliphatic rings. The Hall–Kier alpha value is -1.47. The lowest BCUT2D eigenvalue weighted by Gasteiger charge is -2.59. The third-order valence-corrected chi connectivity index (χ3v) is 6.70. The van der Waals surface area contributed by atoms with Crippen LogP contribution in [-0.2, 0) is 11.0 Å². The minimum absolute atomic E-state index is 0. The maximum Gasteiger partial charge on any atom is 0.416 e. The van der Waals surface area contributed by atoms with Crippen LogP contribution < -0.4 is 15.8 Å². The Morgan fingerprint density at radius 1 is 1.17 bits per heavy atom. The van der Waals surface area contributed by atoms with E-state index < -0.39 is 17.3 Å². The van der Waals surface area contributed by atoms with E-state index in [9.17, 15) is 18.0 Å². The van der Waals surface area contributed by atoms with Crippen molar-refractivity contribution in [1.29, 1.82) is 0 Å². The first-order valence-electron chi connectivity index (χ1n) is 9.91. The van der Waals surface area contributed by atoms with Crippen molar-refractivity contribution in [3.05, 3.63) is 29.8 Å². The molecule has 0 aromatic heterocycles. The summed E-state index contributed by atoms with van der Waals surface area (Å²) >= 11 is 0. The van der Waals surface area contributed by atoms with E-state index in [0.717, 1.165) is 44.2 Å². The number of carbonyl (C=O) groups is 1. The molecule has 8 heteroatoms. The molecule has 1 aromatic rings. The van der Waals surface area contributed by atoms with Crippen LogP contribution in [0.2, 0.25) is 0 Å². The highest BCUT2D eigenvalue weighted by atomic mass is 35.5. The number of benzene rings is 1. The van der Waals surface area contributed by atoms with Crippen molar-refractivity contribution in [2.75, 3.05) is 0 Å². The molecule has 3 N–H and O–H groups in total. The second-order valence-electron chi connectivity index (χ2n) is 9.47. The molecular formula is C21H28ClF3N2O2. The van der Waals surface area contributed by atoms with Gasteiger partial charge in [-0.2, -0.15) is 13.2 Å². The molecule has 4 saturated carbocycles. The summed E-state index contributed by atoms with van der Waals surface area (Å²) in [7, 11) is 0. The first-order valence-corrected chi connectivity index (χ1v) is 9.91. The lowest BCUT2D eigenvalue weighted by atomic mass is 9.51. The average molecular weight is 433 g/mol. The Kier molecular flexibility index (Phi) is 5.63. The van der Waals surface area contributed by atoms with Crippen molar-refractivity contribution >= 4 is 18.3 Å². The molecule has 0 aliphatic heterocycles. The highest BCUT2D eigenvalue weighted by Crippen LogP contribution is 2.54. The maximum absolute atomic E-state index is 12.9. The van der Waals surface area contributed by atoms with Gasteiger partial charge in [0, 0.05) is 11.6 Å². The third-order valence-electron chi connectivity index (χ3n) is 6.70. The van der Waals surface area contributed by atoms with Crippen LogP contribution >= 0.6 is 12.4 Å². The fraction of sp³-hybridized carbons (Fsp3) is 0.667. The average Bonchev–Trinajstić information content (AvgIpc) is 2.55. The first kappa shape index (κ1) is 22.2. The van der Waals surface area contributed by atoms with E-state index in [1.165, 1.54) is 12.1 Å². The zero-order chi connectivity index (χ0) is 20.3. The fourth-order valence-electron chi connectivity index (χ4n) is 5.72. The molecule has 1 aromatic carbocycles. The summed E-state index contributed by atoms with van der Waals surface area (Å²) in [6.07, 6.45) is 0.680. The van der Waals surface area contributed by atoms with E-state index in [4.69, 9.17) is 10.5 Å². The van der Waals surface area contributed by atoms with Crippen LogP contribution in [0.5, 0.6) is 5.75 Å². The first-order chi connectivity index (χ1) is 13.0. The fourth-order valence-corrected chi connectivity index (χ4v) is 5.72. The molecule has 3 unspecified atom stereocenters. The van der Waals surface area contributed by atoms with Gasteiger partial charge in [-0.25, -0.2) is 0 Å². The highest BCUT2D eigenvalue weighted by molar-refractivity contribution is 5.85. The molecule has 1 amide bonds. The van der Waals surface area contributed by atoms with Crippen molar-refractivity contribution in [1.82, 2.24) is 5.32 Å². The van der Waals surface area contributed by atoms with Crippen LogP contribution in [0.1, 0.15) is 51.5 Å². The summed E-state index contributed by atoms with van der Waals surface area (Å²) in [4.78, 5) is 12.9. The number of nitrogens with one attached hydrogen (secondary N) is 1. The van der Waals surface area contributed by atoms with Crippen molar-refractivity contribution in [3.8, 4) is 5.75 Å². The molecule has 162 valence electrons. The highest BCUT2D eigenvalue weighted by Gasteiger charge is 2.54. The summed E-state index contributed by atoms with van der Waals surface area (Å²) < 4.78 is 44.4. The van der Waals surface area contributed by atoms with Gasteiger partial charge in [0.05, 0.1) is 5.56 Å².